The monoisotopic (exact) mass is 255 g/mol. The Kier molecular flexibility index (Phi) is 5.05. The van der Waals surface area contributed by atoms with Crippen molar-refractivity contribution in [2.45, 2.75) is 58.2 Å². The van der Waals surface area contributed by atoms with Gasteiger partial charge in [0.05, 0.1) is 12.2 Å². The van der Waals surface area contributed by atoms with E-state index in [0.29, 0.717) is 11.8 Å². The van der Waals surface area contributed by atoms with Gasteiger partial charge in [0.25, 0.3) is 0 Å². The van der Waals surface area contributed by atoms with Gasteiger partial charge in [-0.1, -0.05) is 13.3 Å². The van der Waals surface area contributed by atoms with Crippen LogP contribution < -0.4 is 0 Å². The Balaban J connectivity index is 1.81. The first-order chi connectivity index (χ1) is 8.60. The average Bonchev–Trinajstić information content (AvgIpc) is 2.81. The Morgan fingerprint density at radius 2 is 2.06 bits per heavy atom. The van der Waals surface area contributed by atoms with Crippen molar-refractivity contribution in [3.05, 3.63) is 0 Å². The Hall–Kier alpha value is -0.120. The van der Waals surface area contributed by atoms with E-state index < -0.39 is 0 Å². The van der Waals surface area contributed by atoms with Crippen molar-refractivity contribution in [3.8, 4) is 0 Å². The Morgan fingerprint density at radius 3 is 2.67 bits per heavy atom. The van der Waals surface area contributed by atoms with Gasteiger partial charge in [0, 0.05) is 13.1 Å². The molecule has 2 fully saturated rings. The fraction of sp³-hybridized carbons (Fsp3) is 1.00. The second-order valence-electron chi connectivity index (χ2n) is 6.46. The van der Waals surface area contributed by atoms with Crippen LogP contribution in [0.2, 0.25) is 0 Å². The average molecular weight is 255 g/mol. The van der Waals surface area contributed by atoms with Crippen LogP contribution in [0, 0.1) is 17.8 Å². The minimum Gasteiger partial charge on any atom is -0.393 e. The molecule has 0 aromatic rings. The van der Waals surface area contributed by atoms with Gasteiger partial charge in [-0.2, -0.15) is 0 Å². The first kappa shape index (κ1) is 14.3. The molecule has 106 valence electrons. The lowest BCUT2D eigenvalue weighted by atomic mass is 9.78. The minimum absolute atomic E-state index is 0.0987. The van der Waals surface area contributed by atoms with Crippen LogP contribution in [0.1, 0.15) is 46.0 Å². The van der Waals surface area contributed by atoms with Crippen molar-refractivity contribution in [2.24, 2.45) is 17.8 Å². The molecule has 1 aliphatic carbocycles. The summed E-state index contributed by atoms with van der Waals surface area (Å²) in [6, 6.07) is 0. The van der Waals surface area contributed by atoms with Crippen LogP contribution in [-0.2, 0) is 0 Å². The molecule has 2 N–H and O–H groups in total. The first-order valence-corrected chi connectivity index (χ1v) is 7.68. The standard InChI is InChI=1S/C15H29NO2/c1-3-12-4-5-15(18)14(8-12)10-16-7-6-13(9-16)11(2)17/h11-15,17-18H,3-10H2,1-2H3. The maximum Gasteiger partial charge on any atom is 0.0580 e. The fourth-order valence-electron chi connectivity index (χ4n) is 3.67. The highest BCUT2D eigenvalue weighted by Crippen LogP contribution is 2.33. The van der Waals surface area contributed by atoms with Crippen LogP contribution in [0.3, 0.4) is 0 Å². The third-order valence-corrected chi connectivity index (χ3v) is 5.11. The molecule has 0 radical (unpaired) electrons. The summed E-state index contributed by atoms with van der Waals surface area (Å²) < 4.78 is 0. The molecule has 18 heavy (non-hydrogen) atoms. The van der Waals surface area contributed by atoms with E-state index in [2.05, 4.69) is 11.8 Å². The Morgan fingerprint density at radius 1 is 1.28 bits per heavy atom. The van der Waals surface area contributed by atoms with Gasteiger partial charge in [0.1, 0.15) is 0 Å². The molecule has 0 amide bonds. The Labute approximate surface area is 111 Å². The van der Waals surface area contributed by atoms with Gasteiger partial charge in [-0.3, -0.25) is 0 Å². The van der Waals surface area contributed by atoms with Gasteiger partial charge in [0.2, 0.25) is 0 Å². The van der Waals surface area contributed by atoms with E-state index in [1.165, 1.54) is 19.3 Å². The van der Waals surface area contributed by atoms with Gasteiger partial charge in [0.15, 0.2) is 0 Å². The molecule has 1 saturated heterocycles. The van der Waals surface area contributed by atoms with Crippen molar-refractivity contribution in [1.29, 1.82) is 0 Å². The van der Waals surface area contributed by atoms with E-state index in [4.69, 9.17) is 0 Å². The summed E-state index contributed by atoms with van der Waals surface area (Å²) in [5, 5.41) is 19.8. The van der Waals surface area contributed by atoms with Crippen LogP contribution in [0.5, 0.6) is 0 Å². The second-order valence-corrected chi connectivity index (χ2v) is 6.46. The topological polar surface area (TPSA) is 43.7 Å². The largest absolute Gasteiger partial charge is 0.393 e. The predicted molar refractivity (Wildman–Crippen MR) is 73.4 cm³/mol. The zero-order chi connectivity index (χ0) is 13.1. The van der Waals surface area contributed by atoms with Crippen LogP contribution in [0.15, 0.2) is 0 Å². The highest BCUT2D eigenvalue weighted by molar-refractivity contribution is 4.85. The molecule has 0 aromatic carbocycles. The van der Waals surface area contributed by atoms with Crippen molar-refractivity contribution in [2.75, 3.05) is 19.6 Å². The summed E-state index contributed by atoms with van der Waals surface area (Å²) in [7, 11) is 0. The van der Waals surface area contributed by atoms with E-state index in [9.17, 15) is 10.2 Å². The normalized spacial score (nSPS) is 40.0. The minimum atomic E-state index is -0.185. The number of aliphatic hydroxyl groups is 2. The predicted octanol–water partition coefficient (Wildman–Crippen LogP) is 1.88. The maximum absolute atomic E-state index is 10.1. The summed E-state index contributed by atoms with van der Waals surface area (Å²) >= 11 is 0. The lowest BCUT2D eigenvalue weighted by molar-refractivity contribution is 0.0286. The van der Waals surface area contributed by atoms with Crippen LogP contribution >= 0.6 is 0 Å². The van der Waals surface area contributed by atoms with Gasteiger partial charge in [-0.15, -0.1) is 0 Å². The molecule has 2 rings (SSSR count). The second kappa shape index (κ2) is 6.36. The van der Waals surface area contributed by atoms with E-state index in [-0.39, 0.29) is 12.2 Å². The molecular formula is C15H29NO2. The van der Waals surface area contributed by atoms with Gasteiger partial charge in [-0.25, -0.2) is 0 Å². The van der Waals surface area contributed by atoms with Crippen molar-refractivity contribution in [3.63, 3.8) is 0 Å². The van der Waals surface area contributed by atoms with Gasteiger partial charge < -0.3 is 15.1 Å². The summed E-state index contributed by atoms with van der Waals surface area (Å²) in [6.07, 6.45) is 5.44. The van der Waals surface area contributed by atoms with E-state index >= 15 is 0 Å². The van der Waals surface area contributed by atoms with Gasteiger partial charge >= 0.3 is 0 Å². The van der Waals surface area contributed by atoms with Crippen molar-refractivity contribution >= 4 is 0 Å². The molecule has 5 unspecified atom stereocenters. The highest BCUT2D eigenvalue weighted by Gasteiger charge is 2.32. The summed E-state index contributed by atoms with van der Waals surface area (Å²) in [6.45, 7) is 7.30. The van der Waals surface area contributed by atoms with E-state index in [0.717, 1.165) is 38.4 Å². The van der Waals surface area contributed by atoms with E-state index in [1.807, 2.05) is 6.92 Å². The maximum atomic E-state index is 10.1. The number of rotatable bonds is 4. The van der Waals surface area contributed by atoms with Gasteiger partial charge in [-0.05, 0) is 56.9 Å². The van der Waals surface area contributed by atoms with Crippen LogP contribution in [0.25, 0.3) is 0 Å². The van der Waals surface area contributed by atoms with Crippen molar-refractivity contribution in [1.82, 2.24) is 4.90 Å². The number of aliphatic hydroxyl groups excluding tert-OH is 2. The third-order valence-electron chi connectivity index (χ3n) is 5.11. The summed E-state index contributed by atoms with van der Waals surface area (Å²) in [5.74, 6) is 1.71. The number of likely N-dealkylation sites (tertiary alicyclic amines) is 1. The quantitative estimate of drug-likeness (QED) is 0.806. The molecule has 0 bridgehead atoms. The fourth-order valence-corrected chi connectivity index (χ4v) is 3.67. The zero-order valence-electron chi connectivity index (χ0n) is 11.9. The van der Waals surface area contributed by atoms with E-state index in [1.54, 1.807) is 0 Å². The highest BCUT2D eigenvalue weighted by atomic mass is 16.3. The first-order valence-electron chi connectivity index (χ1n) is 7.68. The molecule has 2 aliphatic rings. The zero-order valence-corrected chi connectivity index (χ0v) is 11.9. The van der Waals surface area contributed by atoms with Crippen LogP contribution in [-0.4, -0.2) is 47.0 Å². The number of nitrogens with zero attached hydrogens (tertiary/aromatic N) is 1. The molecule has 1 heterocycles. The molecular weight excluding hydrogens is 226 g/mol. The molecule has 0 aromatic heterocycles. The third kappa shape index (κ3) is 3.46. The molecule has 5 atom stereocenters. The Bertz CT molecular complexity index is 257. The SMILES string of the molecule is CCC1CCC(O)C(CN2CCC(C(C)O)C2)C1. The smallest absolute Gasteiger partial charge is 0.0580 e. The molecule has 3 heteroatoms. The molecule has 0 spiro atoms. The van der Waals surface area contributed by atoms with Crippen LogP contribution in [0.4, 0.5) is 0 Å². The summed E-state index contributed by atoms with van der Waals surface area (Å²) in [5.41, 5.74) is 0. The summed E-state index contributed by atoms with van der Waals surface area (Å²) in [4.78, 5) is 2.45. The molecule has 3 nitrogen and oxygen atoms in total. The number of hydrogen-bond acceptors (Lipinski definition) is 3. The number of hydrogen-bond donors (Lipinski definition) is 2. The lowest BCUT2D eigenvalue weighted by Crippen LogP contribution is -2.38. The molecule has 1 aliphatic heterocycles. The lowest BCUT2D eigenvalue weighted by Gasteiger charge is -2.35. The molecule has 1 saturated carbocycles. The van der Waals surface area contributed by atoms with Crippen molar-refractivity contribution < 1.29 is 10.2 Å².